The van der Waals surface area contributed by atoms with Crippen molar-refractivity contribution < 1.29 is 14.3 Å². The maximum atomic E-state index is 13.1. The molecule has 3 nitrogen and oxygen atoms in total. The molecule has 3 atom stereocenters. The molecule has 0 spiro atoms. The number of hydrogen-bond acceptors (Lipinski definition) is 3. The molecule has 0 aromatic rings. The van der Waals surface area contributed by atoms with Gasteiger partial charge in [0.1, 0.15) is 4.32 Å². The second kappa shape index (κ2) is 6.87. The number of halogens is 4. The van der Waals surface area contributed by atoms with Gasteiger partial charge in [0.05, 0.1) is 0 Å². The van der Waals surface area contributed by atoms with Gasteiger partial charge in [0, 0.05) is 29.1 Å². The Morgan fingerprint density at radius 1 is 1.05 bits per heavy atom. The molecule has 0 aromatic heterocycles. The zero-order chi connectivity index (χ0) is 16.8. The summed E-state index contributed by atoms with van der Waals surface area (Å²) in [6.45, 7) is 2.18. The fourth-order valence-corrected chi connectivity index (χ4v) is 8.46. The van der Waals surface area contributed by atoms with E-state index in [-0.39, 0.29) is 11.7 Å². The summed E-state index contributed by atoms with van der Waals surface area (Å²) >= 11 is 14.6. The number of rotatable bonds is 7. The Bertz CT molecular complexity index is 503. The Hall–Kier alpha value is 1.25. The molecule has 22 heavy (non-hydrogen) atoms. The standard InChI is InChI=1S/C15H20Br4O3/c1-4-5-6-7-8-9-12(20)14(19)11(17)10(16)13(9,18)15(14,21-2)22-3/h9H,4-8H2,1-3H3/t9-,13-,14-/m1/s1. The summed E-state index contributed by atoms with van der Waals surface area (Å²) < 4.78 is 11.4. The minimum absolute atomic E-state index is 0.0969. The van der Waals surface area contributed by atoms with Crippen LogP contribution in [0.2, 0.25) is 0 Å². The second-order valence-electron chi connectivity index (χ2n) is 5.79. The fourth-order valence-electron chi connectivity index (χ4n) is 3.69. The molecule has 2 bridgehead atoms. The van der Waals surface area contributed by atoms with Crippen molar-refractivity contribution in [2.24, 2.45) is 5.92 Å². The highest BCUT2D eigenvalue weighted by Gasteiger charge is 2.83. The van der Waals surface area contributed by atoms with Gasteiger partial charge in [-0.25, -0.2) is 0 Å². The zero-order valence-electron chi connectivity index (χ0n) is 12.8. The van der Waals surface area contributed by atoms with Gasteiger partial charge in [-0.2, -0.15) is 0 Å². The van der Waals surface area contributed by atoms with Crippen LogP contribution in [0.3, 0.4) is 0 Å². The molecule has 0 N–H and O–H groups in total. The number of methoxy groups -OCH3 is 2. The molecule has 0 amide bonds. The molecule has 126 valence electrons. The monoisotopic (exact) mass is 564 g/mol. The number of carbonyl (C=O) groups is 1. The van der Waals surface area contributed by atoms with Crippen molar-refractivity contribution in [3.8, 4) is 0 Å². The third-order valence-corrected chi connectivity index (χ3v) is 11.2. The van der Waals surface area contributed by atoms with E-state index in [2.05, 4.69) is 70.6 Å². The highest BCUT2D eigenvalue weighted by molar-refractivity contribution is 9.16. The summed E-state index contributed by atoms with van der Waals surface area (Å²) in [7, 11) is 3.16. The first-order valence-corrected chi connectivity index (χ1v) is 10.5. The van der Waals surface area contributed by atoms with Crippen LogP contribution in [0.25, 0.3) is 0 Å². The summed E-state index contributed by atoms with van der Waals surface area (Å²) in [5.74, 6) is -1.23. The minimum Gasteiger partial charge on any atom is -0.350 e. The molecule has 0 aliphatic heterocycles. The summed E-state index contributed by atoms with van der Waals surface area (Å²) in [4.78, 5) is 13.1. The number of unbranched alkanes of at least 4 members (excludes halogenated alkanes) is 3. The molecule has 0 heterocycles. The quantitative estimate of drug-likeness (QED) is 0.234. The predicted molar refractivity (Wildman–Crippen MR) is 102 cm³/mol. The van der Waals surface area contributed by atoms with Crippen LogP contribution in [0, 0.1) is 5.92 Å². The number of alkyl halides is 2. The van der Waals surface area contributed by atoms with Crippen molar-refractivity contribution in [3.05, 3.63) is 8.96 Å². The van der Waals surface area contributed by atoms with Crippen molar-refractivity contribution in [1.29, 1.82) is 0 Å². The van der Waals surface area contributed by atoms with Gasteiger partial charge in [-0.05, 0) is 6.42 Å². The smallest absolute Gasteiger partial charge is 0.216 e. The molecule has 0 radical (unpaired) electrons. The Morgan fingerprint density at radius 3 is 2.09 bits per heavy atom. The van der Waals surface area contributed by atoms with Gasteiger partial charge in [0.15, 0.2) is 10.1 Å². The van der Waals surface area contributed by atoms with E-state index in [0.29, 0.717) is 0 Å². The topological polar surface area (TPSA) is 35.5 Å². The van der Waals surface area contributed by atoms with Crippen molar-refractivity contribution in [3.63, 3.8) is 0 Å². The summed E-state index contributed by atoms with van der Waals surface area (Å²) in [6.07, 6.45) is 5.32. The van der Waals surface area contributed by atoms with Crippen LogP contribution < -0.4 is 0 Å². The molecule has 0 aromatic carbocycles. The number of ketones is 1. The zero-order valence-corrected chi connectivity index (χ0v) is 19.2. The van der Waals surface area contributed by atoms with E-state index < -0.39 is 14.4 Å². The van der Waals surface area contributed by atoms with Crippen molar-refractivity contribution in [2.75, 3.05) is 14.2 Å². The lowest BCUT2D eigenvalue weighted by atomic mass is 9.86. The van der Waals surface area contributed by atoms with Crippen molar-refractivity contribution in [2.45, 2.75) is 53.5 Å². The molecule has 1 fully saturated rings. The minimum atomic E-state index is -1.12. The first kappa shape index (κ1) is 19.6. The van der Waals surface area contributed by atoms with Crippen LogP contribution in [0.5, 0.6) is 0 Å². The number of Topliss-reactive ketones (excluding diaryl/α,β-unsaturated/α-hetero) is 1. The molecule has 2 aliphatic rings. The lowest BCUT2D eigenvalue weighted by Crippen LogP contribution is -2.57. The normalized spacial score (nSPS) is 36.5. The lowest BCUT2D eigenvalue weighted by Gasteiger charge is -2.41. The average molecular weight is 568 g/mol. The number of ether oxygens (including phenoxy) is 2. The van der Waals surface area contributed by atoms with E-state index in [0.717, 1.165) is 28.2 Å². The van der Waals surface area contributed by atoms with Crippen LogP contribution in [0.15, 0.2) is 8.96 Å². The highest BCUT2D eigenvalue weighted by atomic mass is 79.9. The van der Waals surface area contributed by atoms with Gasteiger partial charge >= 0.3 is 0 Å². The average Bonchev–Trinajstić information content (AvgIpc) is 2.74. The molecule has 1 saturated carbocycles. The Labute approximate surface area is 165 Å². The van der Waals surface area contributed by atoms with E-state index in [9.17, 15) is 4.79 Å². The summed E-state index contributed by atoms with van der Waals surface area (Å²) in [6, 6.07) is 0. The number of hydrogen-bond donors (Lipinski definition) is 0. The third kappa shape index (κ3) is 2.18. The van der Waals surface area contributed by atoms with Crippen LogP contribution >= 0.6 is 63.7 Å². The van der Waals surface area contributed by atoms with Gasteiger partial charge in [0.25, 0.3) is 0 Å². The molecule has 2 aliphatic carbocycles. The highest BCUT2D eigenvalue weighted by Crippen LogP contribution is 2.72. The second-order valence-corrected chi connectivity index (χ2v) is 9.82. The first-order chi connectivity index (χ1) is 10.3. The molecular weight excluding hydrogens is 548 g/mol. The van der Waals surface area contributed by atoms with E-state index >= 15 is 0 Å². The van der Waals surface area contributed by atoms with E-state index in [1.54, 1.807) is 14.2 Å². The van der Waals surface area contributed by atoms with E-state index in [1.165, 1.54) is 12.8 Å². The fraction of sp³-hybridized carbons (Fsp3) is 0.800. The molecular formula is C15H20Br4O3. The number of fused-ring (bicyclic) bond motifs is 2. The molecule has 7 heteroatoms. The van der Waals surface area contributed by atoms with Gasteiger partial charge in [-0.15, -0.1) is 0 Å². The molecule has 0 unspecified atom stereocenters. The van der Waals surface area contributed by atoms with Crippen LogP contribution in [-0.4, -0.2) is 34.4 Å². The summed E-state index contributed by atoms with van der Waals surface area (Å²) in [5, 5.41) is 0. The maximum Gasteiger partial charge on any atom is 0.216 e. The first-order valence-electron chi connectivity index (χ1n) is 7.38. The number of carbonyl (C=O) groups excluding carboxylic acids is 1. The maximum absolute atomic E-state index is 13.1. The van der Waals surface area contributed by atoms with Crippen LogP contribution in [0.4, 0.5) is 0 Å². The summed E-state index contributed by atoms with van der Waals surface area (Å²) in [5.41, 5.74) is 0. The van der Waals surface area contributed by atoms with Crippen molar-refractivity contribution in [1.82, 2.24) is 0 Å². The lowest BCUT2D eigenvalue weighted by molar-refractivity contribution is -0.212. The van der Waals surface area contributed by atoms with Gasteiger partial charge < -0.3 is 9.47 Å². The van der Waals surface area contributed by atoms with E-state index in [4.69, 9.17) is 9.47 Å². The largest absolute Gasteiger partial charge is 0.350 e. The Kier molecular flexibility index (Phi) is 6.11. The van der Waals surface area contributed by atoms with E-state index in [1.807, 2.05) is 0 Å². The van der Waals surface area contributed by atoms with Crippen LogP contribution in [-0.2, 0) is 14.3 Å². The van der Waals surface area contributed by atoms with Crippen LogP contribution in [0.1, 0.15) is 39.0 Å². The SMILES string of the molecule is CCCCCC[C@@H]1C(=O)[C@]2(Br)C(Br)=C(Br)[C@@]1(Br)C2(OC)OC. The van der Waals surface area contributed by atoms with Crippen molar-refractivity contribution >= 4 is 69.5 Å². The molecule has 2 rings (SSSR count). The Balaban J connectivity index is 2.43. The van der Waals surface area contributed by atoms with Gasteiger partial charge in [0.2, 0.25) is 5.79 Å². The van der Waals surface area contributed by atoms with Gasteiger partial charge in [-0.1, -0.05) is 96.3 Å². The predicted octanol–water partition coefficient (Wildman–Crippen LogP) is 5.43. The molecule has 0 saturated heterocycles. The Morgan fingerprint density at radius 2 is 1.64 bits per heavy atom. The third-order valence-electron chi connectivity index (χ3n) is 4.80. The van der Waals surface area contributed by atoms with Gasteiger partial charge in [-0.3, -0.25) is 4.79 Å².